The van der Waals surface area contributed by atoms with E-state index in [0.29, 0.717) is 30.3 Å². The highest BCUT2D eigenvalue weighted by Gasteiger charge is 2.21. The summed E-state index contributed by atoms with van der Waals surface area (Å²) in [4.78, 5) is 24.7. The molecule has 0 aromatic heterocycles. The molecule has 0 saturated heterocycles. The molecule has 0 aliphatic carbocycles. The summed E-state index contributed by atoms with van der Waals surface area (Å²) in [7, 11) is 0. The molecule has 0 bridgehead atoms. The molecular formula is C32H29NO5. The zero-order chi connectivity index (χ0) is 26.6. The van der Waals surface area contributed by atoms with Crippen molar-refractivity contribution in [3.05, 3.63) is 138 Å². The number of hydrogen-bond acceptors (Lipinski definition) is 4. The summed E-state index contributed by atoms with van der Waals surface area (Å²) in [6.07, 6.45) is 3.98. The minimum atomic E-state index is -1.11. The van der Waals surface area contributed by atoms with Crippen LogP contribution in [0.1, 0.15) is 27.0 Å². The van der Waals surface area contributed by atoms with Crippen molar-refractivity contribution < 1.29 is 24.2 Å². The van der Waals surface area contributed by atoms with Gasteiger partial charge in [0.25, 0.3) is 5.91 Å². The number of aliphatic carboxylic acids is 1. The summed E-state index contributed by atoms with van der Waals surface area (Å²) < 4.78 is 11.5. The molecule has 1 unspecified atom stereocenters. The molecular weight excluding hydrogens is 478 g/mol. The Balaban J connectivity index is 1.30. The molecule has 0 spiro atoms. The van der Waals surface area contributed by atoms with E-state index >= 15 is 0 Å². The Labute approximate surface area is 222 Å². The molecule has 0 aliphatic heterocycles. The molecule has 192 valence electrons. The number of carboxylic acids is 1. The summed E-state index contributed by atoms with van der Waals surface area (Å²) in [6.45, 7) is 0.781. The molecule has 2 N–H and O–H groups in total. The molecule has 1 amide bonds. The predicted molar refractivity (Wildman–Crippen MR) is 147 cm³/mol. The Morgan fingerprint density at radius 3 is 2.18 bits per heavy atom. The molecule has 0 heterocycles. The number of carbonyl (C=O) groups excluding carboxylic acids is 1. The van der Waals surface area contributed by atoms with E-state index in [1.807, 2.05) is 72.8 Å². The van der Waals surface area contributed by atoms with Gasteiger partial charge in [-0.3, -0.25) is 4.79 Å². The Morgan fingerprint density at radius 2 is 1.47 bits per heavy atom. The largest absolute Gasteiger partial charge is 0.490 e. The molecule has 4 aromatic rings. The average molecular weight is 508 g/mol. The number of carbonyl (C=O) groups is 2. The third-order valence-electron chi connectivity index (χ3n) is 5.77. The maximum Gasteiger partial charge on any atom is 0.326 e. The average Bonchev–Trinajstić information content (AvgIpc) is 2.96. The molecule has 0 saturated carbocycles. The van der Waals surface area contributed by atoms with Crippen LogP contribution in [0.4, 0.5) is 0 Å². The van der Waals surface area contributed by atoms with Crippen molar-refractivity contribution in [2.24, 2.45) is 0 Å². The molecule has 0 radical (unpaired) electrons. The van der Waals surface area contributed by atoms with E-state index in [2.05, 4.69) is 5.32 Å². The van der Waals surface area contributed by atoms with Gasteiger partial charge in [-0.1, -0.05) is 84.9 Å². The summed E-state index contributed by atoms with van der Waals surface area (Å²) in [5, 5.41) is 12.3. The molecule has 1 atom stereocenters. The fourth-order valence-electron chi connectivity index (χ4n) is 3.76. The smallest absolute Gasteiger partial charge is 0.326 e. The fraction of sp³-hybridized carbons (Fsp3) is 0.125. The fourth-order valence-corrected chi connectivity index (χ4v) is 3.76. The zero-order valence-corrected chi connectivity index (χ0v) is 20.8. The third kappa shape index (κ3) is 8.10. The first-order valence-corrected chi connectivity index (χ1v) is 12.3. The van der Waals surface area contributed by atoms with E-state index in [0.717, 1.165) is 16.7 Å². The normalized spacial score (nSPS) is 11.6. The van der Waals surface area contributed by atoms with Crippen molar-refractivity contribution in [1.82, 2.24) is 5.32 Å². The Bertz CT molecular complexity index is 1350. The van der Waals surface area contributed by atoms with Crippen LogP contribution < -0.4 is 14.8 Å². The quantitative estimate of drug-likeness (QED) is 0.254. The lowest BCUT2D eigenvalue weighted by molar-refractivity contribution is -0.139. The minimum absolute atomic E-state index is 0.139. The number of rotatable bonds is 12. The topological polar surface area (TPSA) is 84.9 Å². The van der Waals surface area contributed by atoms with Gasteiger partial charge in [0.2, 0.25) is 0 Å². The third-order valence-corrected chi connectivity index (χ3v) is 5.77. The summed E-state index contributed by atoms with van der Waals surface area (Å²) in [5.41, 5.74) is 3.22. The van der Waals surface area contributed by atoms with Crippen LogP contribution in [0.5, 0.6) is 11.5 Å². The Hall–Kier alpha value is -4.84. The number of ether oxygens (including phenoxy) is 2. The monoisotopic (exact) mass is 507 g/mol. The van der Waals surface area contributed by atoms with Crippen molar-refractivity contribution in [1.29, 1.82) is 0 Å². The molecule has 4 aromatic carbocycles. The maximum atomic E-state index is 12.8. The van der Waals surface area contributed by atoms with Crippen LogP contribution >= 0.6 is 0 Å². The van der Waals surface area contributed by atoms with Gasteiger partial charge in [-0.2, -0.15) is 0 Å². The molecule has 38 heavy (non-hydrogen) atoms. The summed E-state index contributed by atoms with van der Waals surface area (Å²) in [5.74, 6) is -0.385. The van der Waals surface area contributed by atoms with Gasteiger partial charge in [0.15, 0.2) is 0 Å². The van der Waals surface area contributed by atoms with Crippen LogP contribution in [0, 0.1) is 0 Å². The first kappa shape index (κ1) is 26.2. The highest BCUT2D eigenvalue weighted by molar-refractivity contribution is 5.97. The van der Waals surface area contributed by atoms with Gasteiger partial charge in [-0.05, 0) is 53.1 Å². The van der Waals surface area contributed by atoms with Gasteiger partial charge in [-0.15, -0.1) is 0 Å². The zero-order valence-electron chi connectivity index (χ0n) is 20.8. The highest BCUT2D eigenvalue weighted by atomic mass is 16.5. The van der Waals surface area contributed by atoms with Crippen LogP contribution in [0.25, 0.3) is 6.08 Å². The van der Waals surface area contributed by atoms with E-state index in [1.165, 1.54) is 0 Å². The van der Waals surface area contributed by atoms with Gasteiger partial charge in [-0.25, -0.2) is 4.79 Å². The lowest BCUT2D eigenvalue weighted by atomic mass is 10.1. The SMILES string of the molecule is O=C(NC(Cc1ccc(OCc2ccccc2)cc1)C(=O)O)c1cccc(OCC=Cc2ccccc2)c1. The number of hydrogen-bond donors (Lipinski definition) is 2. The second-order valence-electron chi connectivity index (χ2n) is 8.64. The van der Waals surface area contributed by atoms with Crippen LogP contribution in [-0.2, 0) is 17.8 Å². The van der Waals surface area contributed by atoms with Crippen molar-refractivity contribution >= 4 is 18.0 Å². The predicted octanol–water partition coefficient (Wildman–Crippen LogP) is 5.78. The number of benzene rings is 4. The van der Waals surface area contributed by atoms with Crippen molar-refractivity contribution in [3.8, 4) is 11.5 Å². The number of carboxylic acid groups (broad SMARTS) is 1. The van der Waals surface area contributed by atoms with Gasteiger partial charge in [0.05, 0.1) is 0 Å². The van der Waals surface area contributed by atoms with Gasteiger partial charge < -0.3 is 19.9 Å². The van der Waals surface area contributed by atoms with E-state index in [4.69, 9.17) is 9.47 Å². The van der Waals surface area contributed by atoms with Gasteiger partial charge in [0.1, 0.15) is 30.8 Å². The second kappa shape index (κ2) is 13.5. The lowest BCUT2D eigenvalue weighted by Gasteiger charge is -2.15. The number of amides is 1. The van der Waals surface area contributed by atoms with Crippen LogP contribution in [0.15, 0.2) is 115 Å². The van der Waals surface area contributed by atoms with E-state index < -0.39 is 17.9 Å². The molecule has 6 nitrogen and oxygen atoms in total. The summed E-state index contributed by atoms with van der Waals surface area (Å²) >= 11 is 0. The minimum Gasteiger partial charge on any atom is -0.490 e. The van der Waals surface area contributed by atoms with Crippen molar-refractivity contribution in [2.75, 3.05) is 6.61 Å². The lowest BCUT2D eigenvalue weighted by Crippen LogP contribution is -2.42. The van der Waals surface area contributed by atoms with E-state index in [1.54, 1.807) is 48.5 Å². The maximum absolute atomic E-state index is 12.8. The van der Waals surface area contributed by atoms with Crippen LogP contribution in [0.2, 0.25) is 0 Å². The number of nitrogens with one attached hydrogen (secondary N) is 1. The molecule has 0 aliphatic rings. The molecule has 0 fully saturated rings. The van der Waals surface area contributed by atoms with Crippen molar-refractivity contribution in [3.63, 3.8) is 0 Å². The first-order chi connectivity index (χ1) is 18.6. The standard InChI is InChI=1S/C32H29NO5/c34-31(27-14-7-15-29(22-27)37-20-8-13-24-9-3-1-4-10-24)33-30(32(35)36)21-25-16-18-28(19-17-25)38-23-26-11-5-2-6-12-26/h1-19,22,30H,20-21,23H2,(H,33,34)(H,35,36). The first-order valence-electron chi connectivity index (χ1n) is 12.3. The highest BCUT2D eigenvalue weighted by Crippen LogP contribution is 2.17. The van der Waals surface area contributed by atoms with Gasteiger partial charge in [0, 0.05) is 12.0 Å². The van der Waals surface area contributed by atoms with Crippen LogP contribution in [0.3, 0.4) is 0 Å². The van der Waals surface area contributed by atoms with E-state index in [-0.39, 0.29) is 6.42 Å². The van der Waals surface area contributed by atoms with Crippen molar-refractivity contribution in [2.45, 2.75) is 19.1 Å². The second-order valence-corrected chi connectivity index (χ2v) is 8.64. The molecule has 6 heteroatoms. The Morgan fingerprint density at radius 1 is 0.763 bits per heavy atom. The van der Waals surface area contributed by atoms with Gasteiger partial charge >= 0.3 is 5.97 Å². The molecule has 4 rings (SSSR count). The van der Waals surface area contributed by atoms with E-state index in [9.17, 15) is 14.7 Å². The summed E-state index contributed by atoms with van der Waals surface area (Å²) in [6, 6.07) is 32.5. The van der Waals surface area contributed by atoms with Crippen LogP contribution in [-0.4, -0.2) is 29.6 Å². The Kier molecular flexibility index (Phi) is 9.29.